The third kappa shape index (κ3) is 3.15. The van der Waals surface area contributed by atoms with E-state index in [0.29, 0.717) is 6.04 Å². The molecular formula is C15H26N2O. The Labute approximate surface area is 110 Å². The maximum atomic E-state index is 6.34. The molecule has 102 valence electrons. The van der Waals surface area contributed by atoms with Crippen LogP contribution in [0.1, 0.15) is 51.8 Å². The molecular weight excluding hydrogens is 224 g/mol. The summed E-state index contributed by atoms with van der Waals surface area (Å²) in [4.78, 5) is 2.52. The Morgan fingerprint density at radius 1 is 1.44 bits per heavy atom. The molecule has 0 amide bonds. The van der Waals surface area contributed by atoms with Crippen LogP contribution >= 0.6 is 0 Å². The van der Waals surface area contributed by atoms with E-state index in [4.69, 9.17) is 10.2 Å². The van der Waals surface area contributed by atoms with Crippen molar-refractivity contribution >= 4 is 0 Å². The van der Waals surface area contributed by atoms with Gasteiger partial charge in [0, 0.05) is 18.6 Å². The lowest BCUT2D eigenvalue weighted by Gasteiger charge is -2.37. The van der Waals surface area contributed by atoms with Gasteiger partial charge in [0.05, 0.1) is 12.3 Å². The SMILES string of the molecule is CCC(N)C(c1ccco1)N(CC1CC1)C(C)C. The van der Waals surface area contributed by atoms with Crippen molar-refractivity contribution < 1.29 is 4.42 Å². The fourth-order valence-corrected chi connectivity index (χ4v) is 2.55. The van der Waals surface area contributed by atoms with Crippen LogP contribution in [0.25, 0.3) is 0 Å². The Bertz CT molecular complexity index is 343. The van der Waals surface area contributed by atoms with Crippen LogP contribution in [0.3, 0.4) is 0 Å². The molecule has 3 nitrogen and oxygen atoms in total. The Morgan fingerprint density at radius 2 is 2.17 bits per heavy atom. The van der Waals surface area contributed by atoms with Crippen LogP contribution in [0, 0.1) is 5.92 Å². The Morgan fingerprint density at radius 3 is 2.61 bits per heavy atom. The lowest BCUT2D eigenvalue weighted by atomic mass is 10.00. The first-order valence-corrected chi connectivity index (χ1v) is 7.18. The molecule has 1 heterocycles. The van der Waals surface area contributed by atoms with Crippen LogP contribution in [0.15, 0.2) is 22.8 Å². The molecule has 0 spiro atoms. The maximum absolute atomic E-state index is 6.34. The second kappa shape index (κ2) is 5.89. The van der Waals surface area contributed by atoms with E-state index in [9.17, 15) is 0 Å². The van der Waals surface area contributed by atoms with Gasteiger partial charge < -0.3 is 10.2 Å². The molecule has 1 aromatic heterocycles. The number of hydrogen-bond acceptors (Lipinski definition) is 3. The minimum atomic E-state index is 0.136. The van der Waals surface area contributed by atoms with Gasteiger partial charge in [-0.05, 0) is 51.2 Å². The highest BCUT2D eigenvalue weighted by Gasteiger charge is 2.34. The fraction of sp³-hybridized carbons (Fsp3) is 0.733. The molecule has 1 aromatic rings. The summed E-state index contributed by atoms with van der Waals surface area (Å²) in [5.74, 6) is 1.88. The Balaban J connectivity index is 2.18. The van der Waals surface area contributed by atoms with Crippen molar-refractivity contribution in [3.05, 3.63) is 24.2 Å². The third-order valence-corrected chi connectivity index (χ3v) is 3.90. The molecule has 3 heteroatoms. The van der Waals surface area contributed by atoms with Crippen LogP contribution in [-0.2, 0) is 0 Å². The minimum Gasteiger partial charge on any atom is -0.468 e. The zero-order chi connectivity index (χ0) is 13.1. The van der Waals surface area contributed by atoms with E-state index >= 15 is 0 Å². The van der Waals surface area contributed by atoms with Gasteiger partial charge in [-0.25, -0.2) is 0 Å². The van der Waals surface area contributed by atoms with Crippen molar-refractivity contribution in [3.8, 4) is 0 Å². The van der Waals surface area contributed by atoms with E-state index in [1.54, 1.807) is 6.26 Å². The van der Waals surface area contributed by atoms with Crippen molar-refractivity contribution in [1.29, 1.82) is 0 Å². The first-order chi connectivity index (χ1) is 8.63. The average Bonchev–Trinajstić information content (AvgIpc) is 3.01. The van der Waals surface area contributed by atoms with Gasteiger partial charge in [0.25, 0.3) is 0 Å². The first kappa shape index (κ1) is 13.6. The second-order valence-corrected chi connectivity index (χ2v) is 5.77. The second-order valence-electron chi connectivity index (χ2n) is 5.77. The molecule has 0 aliphatic heterocycles. The molecule has 1 fully saturated rings. The van der Waals surface area contributed by atoms with Crippen molar-refractivity contribution in [1.82, 2.24) is 4.90 Å². The minimum absolute atomic E-state index is 0.136. The van der Waals surface area contributed by atoms with Gasteiger partial charge in [0.15, 0.2) is 0 Å². The zero-order valence-corrected chi connectivity index (χ0v) is 11.8. The number of hydrogen-bond donors (Lipinski definition) is 1. The smallest absolute Gasteiger partial charge is 0.122 e. The molecule has 0 aromatic carbocycles. The number of furan rings is 1. The van der Waals surface area contributed by atoms with Crippen molar-refractivity contribution in [2.24, 2.45) is 11.7 Å². The Kier molecular flexibility index (Phi) is 4.46. The highest BCUT2D eigenvalue weighted by atomic mass is 16.3. The molecule has 1 aliphatic carbocycles. The molecule has 1 saturated carbocycles. The Hall–Kier alpha value is -0.800. The van der Waals surface area contributed by atoms with Crippen molar-refractivity contribution in [2.75, 3.05) is 6.54 Å². The van der Waals surface area contributed by atoms with Gasteiger partial charge >= 0.3 is 0 Å². The van der Waals surface area contributed by atoms with E-state index in [0.717, 1.165) is 24.6 Å². The lowest BCUT2D eigenvalue weighted by Crippen LogP contribution is -2.45. The van der Waals surface area contributed by atoms with Gasteiger partial charge in [-0.3, -0.25) is 4.90 Å². The van der Waals surface area contributed by atoms with Gasteiger partial charge in [0.2, 0.25) is 0 Å². The number of nitrogens with two attached hydrogens (primary N) is 1. The molecule has 0 bridgehead atoms. The van der Waals surface area contributed by atoms with E-state index in [-0.39, 0.29) is 12.1 Å². The van der Waals surface area contributed by atoms with E-state index in [1.165, 1.54) is 12.8 Å². The normalized spacial score (nSPS) is 19.4. The van der Waals surface area contributed by atoms with Crippen molar-refractivity contribution in [2.45, 2.75) is 58.2 Å². The van der Waals surface area contributed by atoms with Crippen LogP contribution in [0.4, 0.5) is 0 Å². The monoisotopic (exact) mass is 250 g/mol. The largest absolute Gasteiger partial charge is 0.468 e. The lowest BCUT2D eigenvalue weighted by molar-refractivity contribution is 0.107. The maximum Gasteiger partial charge on any atom is 0.122 e. The topological polar surface area (TPSA) is 42.4 Å². The van der Waals surface area contributed by atoms with E-state index < -0.39 is 0 Å². The standard InChI is InChI=1S/C15H26N2O/c1-4-13(16)15(14-6-5-9-18-14)17(11(2)3)10-12-7-8-12/h5-6,9,11-13,15H,4,7-8,10,16H2,1-3H3. The van der Waals surface area contributed by atoms with Gasteiger partial charge in [-0.2, -0.15) is 0 Å². The summed E-state index contributed by atoms with van der Waals surface area (Å²) in [5, 5.41) is 0. The molecule has 1 aliphatic rings. The third-order valence-electron chi connectivity index (χ3n) is 3.90. The summed E-state index contributed by atoms with van der Waals surface area (Å²) in [6.07, 6.45) is 5.46. The highest BCUT2D eigenvalue weighted by molar-refractivity contribution is 5.08. The van der Waals surface area contributed by atoms with E-state index in [2.05, 4.69) is 31.7 Å². The summed E-state index contributed by atoms with van der Waals surface area (Å²) in [7, 11) is 0. The van der Waals surface area contributed by atoms with Gasteiger partial charge in [-0.1, -0.05) is 6.92 Å². The fourth-order valence-electron chi connectivity index (χ4n) is 2.55. The first-order valence-electron chi connectivity index (χ1n) is 7.18. The van der Waals surface area contributed by atoms with Crippen molar-refractivity contribution in [3.63, 3.8) is 0 Å². The average molecular weight is 250 g/mol. The molecule has 18 heavy (non-hydrogen) atoms. The summed E-state index contributed by atoms with van der Waals surface area (Å²) in [6.45, 7) is 7.80. The van der Waals surface area contributed by atoms with Crippen LogP contribution in [-0.4, -0.2) is 23.5 Å². The molecule has 2 rings (SSSR count). The number of nitrogens with zero attached hydrogens (tertiary/aromatic N) is 1. The summed E-state index contributed by atoms with van der Waals surface area (Å²) in [5.41, 5.74) is 6.34. The molecule has 0 saturated heterocycles. The number of rotatable bonds is 7. The van der Waals surface area contributed by atoms with E-state index in [1.807, 2.05) is 6.07 Å². The highest BCUT2D eigenvalue weighted by Crippen LogP contribution is 2.35. The van der Waals surface area contributed by atoms with Crippen LogP contribution in [0.2, 0.25) is 0 Å². The zero-order valence-electron chi connectivity index (χ0n) is 11.8. The summed E-state index contributed by atoms with van der Waals surface area (Å²) < 4.78 is 5.63. The van der Waals surface area contributed by atoms with Gasteiger partial charge in [-0.15, -0.1) is 0 Å². The van der Waals surface area contributed by atoms with Gasteiger partial charge in [0.1, 0.15) is 5.76 Å². The molecule has 2 unspecified atom stereocenters. The summed E-state index contributed by atoms with van der Waals surface area (Å²) in [6, 6.07) is 4.87. The predicted octanol–water partition coefficient (Wildman–Crippen LogP) is 3.18. The molecule has 0 radical (unpaired) electrons. The quantitative estimate of drug-likeness (QED) is 0.808. The predicted molar refractivity (Wildman–Crippen MR) is 74.3 cm³/mol. The van der Waals surface area contributed by atoms with Crippen LogP contribution in [0.5, 0.6) is 0 Å². The summed E-state index contributed by atoms with van der Waals surface area (Å²) >= 11 is 0. The van der Waals surface area contributed by atoms with Crippen LogP contribution < -0.4 is 5.73 Å². The molecule has 2 atom stereocenters. The molecule has 2 N–H and O–H groups in total.